The molecule has 2 rings (SSSR count). The lowest BCUT2D eigenvalue weighted by molar-refractivity contribution is 0.131. The minimum atomic E-state index is 0.491. The molecule has 2 N–H and O–H groups in total. The number of hydrogen-bond acceptors (Lipinski definition) is 3. The summed E-state index contributed by atoms with van der Waals surface area (Å²) in [5.41, 5.74) is 1.66. The van der Waals surface area contributed by atoms with Gasteiger partial charge in [-0.2, -0.15) is 0 Å². The van der Waals surface area contributed by atoms with Crippen molar-refractivity contribution in [2.24, 2.45) is 10.4 Å². The van der Waals surface area contributed by atoms with Crippen LogP contribution in [0.1, 0.15) is 52.0 Å². The molecule has 0 aromatic carbocycles. The zero-order valence-electron chi connectivity index (χ0n) is 15.7. The number of aliphatic imine (C=N–C) groups is 1. The molecule has 0 radical (unpaired) electrons. The van der Waals surface area contributed by atoms with E-state index in [1.165, 1.54) is 31.2 Å². The van der Waals surface area contributed by atoms with Crippen LogP contribution in [0.15, 0.2) is 23.3 Å². The first-order valence-electron chi connectivity index (χ1n) is 9.30. The number of pyridine rings is 1. The second kappa shape index (κ2) is 8.90. The van der Waals surface area contributed by atoms with Gasteiger partial charge in [0.25, 0.3) is 0 Å². The molecular formula is C19H33N5. The number of nitrogens with zero attached hydrogens (tertiary/aromatic N) is 3. The van der Waals surface area contributed by atoms with Gasteiger partial charge in [0, 0.05) is 39.4 Å². The summed E-state index contributed by atoms with van der Waals surface area (Å²) in [5, 5.41) is 6.88. The summed E-state index contributed by atoms with van der Waals surface area (Å²) in [6, 6.07) is 4.24. The van der Waals surface area contributed by atoms with Crippen molar-refractivity contribution in [3.05, 3.63) is 23.9 Å². The van der Waals surface area contributed by atoms with Crippen LogP contribution in [-0.2, 0) is 6.54 Å². The van der Waals surface area contributed by atoms with Gasteiger partial charge in [-0.1, -0.05) is 19.4 Å². The second-order valence-electron chi connectivity index (χ2n) is 6.68. The predicted octanol–water partition coefficient (Wildman–Crippen LogP) is 3.17. The summed E-state index contributed by atoms with van der Waals surface area (Å²) in [7, 11) is 1.83. The highest BCUT2D eigenvalue weighted by Crippen LogP contribution is 2.42. The lowest BCUT2D eigenvalue weighted by atomic mass is 9.67. The van der Waals surface area contributed by atoms with Crippen LogP contribution in [0.25, 0.3) is 0 Å². The highest BCUT2D eigenvalue weighted by Gasteiger charge is 2.34. The second-order valence-corrected chi connectivity index (χ2v) is 6.68. The smallest absolute Gasteiger partial charge is 0.191 e. The van der Waals surface area contributed by atoms with Gasteiger partial charge in [0.2, 0.25) is 0 Å². The number of hydrogen-bond donors (Lipinski definition) is 2. The van der Waals surface area contributed by atoms with Gasteiger partial charge in [0.1, 0.15) is 5.82 Å². The van der Waals surface area contributed by atoms with E-state index in [9.17, 15) is 0 Å². The molecule has 1 saturated carbocycles. The van der Waals surface area contributed by atoms with Crippen molar-refractivity contribution in [3.8, 4) is 0 Å². The van der Waals surface area contributed by atoms with Gasteiger partial charge < -0.3 is 15.5 Å². The molecule has 5 heteroatoms. The van der Waals surface area contributed by atoms with E-state index >= 15 is 0 Å². The largest absolute Gasteiger partial charge is 0.357 e. The Bertz CT molecular complexity index is 510. The number of anilines is 1. The first kappa shape index (κ1) is 18.6. The maximum absolute atomic E-state index is 4.57. The van der Waals surface area contributed by atoms with Crippen LogP contribution in [0.4, 0.5) is 5.82 Å². The average molecular weight is 332 g/mol. The van der Waals surface area contributed by atoms with Crippen LogP contribution in [0.3, 0.4) is 0 Å². The van der Waals surface area contributed by atoms with Crippen molar-refractivity contribution in [1.82, 2.24) is 15.6 Å². The quantitative estimate of drug-likeness (QED) is 0.567. The topological polar surface area (TPSA) is 52.5 Å². The summed E-state index contributed by atoms with van der Waals surface area (Å²) >= 11 is 0. The van der Waals surface area contributed by atoms with Gasteiger partial charge in [0.05, 0.1) is 0 Å². The highest BCUT2D eigenvalue weighted by molar-refractivity contribution is 5.79. The van der Waals surface area contributed by atoms with Crippen molar-refractivity contribution in [2.45, 2.75) is 53.0 Å². The minimum Gasteiger partial charge on any atom is -0.357 e. The molecule has 0 amide bonds. The molecule has 1 aromatic heterocycles. The average Bonchev–Trinajstić information content (AvgIpc) is 2.59. The van der Waals surface area contributed by atoms with Gasteiger partial charge in [0.15, 0.2) is 5.96 Å². The van der Waals surface area contributed by atoms with Crippen LogP contribution < -0.4 is 15.5 Å². The third-order valence-electron chi connectivity index (χ3n) is 5.38. The van der Waals surface area contributed by atoms with Crippen LogP contribution in [0.2, 0.25) is 0 Å². The number of guanidine groups is 1. The Morgan fingerprint density at radius 1 is 1.21 bits per heavy atom. The fourth-order valence-electron chi connectivity index (χ4n) is 3.27. The van der Waals surface area contributed by atoms with Gasteiger partial charge in [-0.15, -0.1) is 0 Å². The monoisotopic (exact) mass is 331 g/mol. The van der Waals surface area contributed by atoms with Crippen molar-refractivity contribution in [2.75, 3.05) is 31.6 Å². The van der Waals surface area contributed by atoms with Crippen LogP contribution in [-0.4, -0.2) is 37.6 Å². The first-order chi connectivity index (χ1) is 11.7. The third-order valence-corrected chi connectivity index (χ3v) is 5.38. The molecule has 0 unspecified atom stereocenters. The van der Waals surface area contributed by atoms with E-state index < -0.39 is 0 Å². The molecule has 0 aliphatic heterocycles. The Kier molecular flexibility index (Phi) is 6.88. The van der Waals surface area contributed by atoms with Crippen molar-refractivity contribution < 1.29 is 0 Å². The lowest BCUT2D eigenvalue weighted by Gasteiger charge is -2.41. The van der Waals surface area contributed by atoms with E-state index in [-0.39, 0.29) is 0 Å². The third kappa shape index (κ3) is 4.62. The summed E-state index contributed by atoms with van der Waals surface area (Å²) in [5.74, 6) is 1.92. The van der Waals surface area contributed by atoms with Crippen LogP contribution in [0.5, 0.6) is 0 Å². The molecule has 1 fully saturated rings. The number of aromatic nitrogens is 1. The molecule has 5 nitrogen and oxygen atoms in total. The molecule has 1 aromatic rings. The van der Waals surface area contributed by atoms with Gasteiger partial charge in [-0.05, 0) is 50.2 Å². The molecule has 1 aliphatic rings. The lowest BCUT2D eigenvalue weighted by Crippen LogP contribution is -2.46. The normalized spacial score (nSPS) is 16.4. The molecular weight excluding hydrogens is 298 g/mol. The summed E-state index contributed by atoms with van der Waals surface area (Å²) < 4.78 is 0. The van der Waals surface area contributed by atoms with Gasteiger partial charge in [-0.3, -0.25) is 4.99 Å². The molecule has 0 bridgehead atoms. The minimum absolute atomic E-state index is 0.491. The maximum Gasteiger partial charge on any atom is 0.191 e. The molecule has 0 atom stereocenters. The van der Waals surface area contributed by atoms with E-state index in [4.69, 9.17) is 0 Å². The molecule has 134 valence electrons. The Labute approximate surface area is 147 Å². The SMILES string of the molecule is CCN(CC)c1ccc(CNC(=NC)NCC2(CC)CCC2)cn1. The van der Waals surface area contributed by atoms with Crippen molar-refractivity contribution in [1.29, 1.82) is 0 Å². The Hall–Kier alpha value is -1.78. The van der Waals surface area contributed by atoms with Gasteiger partial charge in [-0.25, -0.2) is 4.98 Å². The molecule has 1 heterocycles. The highest BCUT2D eigenvalue weighted by atomic mass is 15.2. The first-order valence-corrected chi connectivity index (χ1v) is 9.30. The molecule has 0 spiro atoms. The summed E-state index contributed by atoms with van der Waals surface area (Å²) in [4.78, 5) is 11.2. The van der Waals surface area contributed by atoms with E-state index in [1.54, 1.807) is 0 Å². The molecule has 1 aliphatic carbocycles. The molecule has 24 heavy (non-hydrogen) atoms. The zero-order chi connectivity index (χ0) is 17.4. The Balaban J connectivity index is 1.82. The summed E-state index contributed by atoms with van der Waals surface area (Å²) in [6.07, 6.45) is 7.24. The predicted molar refractivity (Wildman–Crippen MR) is 103 cm³/mol. The van der Waals surface area contributed by atoms with Crippen LogP contribution >= 0.6 is 0 Å². The Morgan fingerprint density at radius 3 is 2.42 bits per heavy atom. The van der Waals surface area contributed by atoms with Crippen molar-refractivity contribution in [3.63, 3.8) is 0 Å². The van der Waals surface area contributed by atoms with E-state index in [1.807, 2.05) is 13.2 Å². The number of rotatable bonds is 8. The summed E-state index contributed by atoms with van der Waals surface area (Å²) in [6.45, 7) is 10.3. The van der Waals surface area contributed by atoms with Crippen LogP contribution in [0, 0.1) is 5.41 Å². The zero-order valence-corrected chi connectivity index (χ0v) is 15.7. The fourth-order valence-corrected chi connectivity index (χ4v) is 3.27. The van der Waals surface area contributed by atoms with Crippen molar-refractivity contribution >= 4 is 11.8 Å². The van der Waals surface area contributed by atoms with E-state index in [0.717, 1.165) is 38.0 Å². The maximum atomic E-state index is 4.57. The fraction of sp³-hybridized carbons (Fsp3) is 0.684. The van der Waals surface area contributed by atoms with E-state index in [2.05, 4.69) is 58.4 Å². The Morgan fingerprint density at radius 2 is 1.96 bits per heavy atom. The van der Waals surface area contributed by atoms with E-state index in [0.29, 0.717) is 5.41 Å². The number of nitrogens with one attached hydrogen (secondary N) is 2. The standard InChI is InChI=1S/C19H33N5/c1-5-19(11-8-12-19)15-23-18(20-4)22-14-16-9-10-17(21-13-16)24(6-2)7-3/h9-10,13H,5-8,11-12,14-15H2,1-4H3,(H2,20,22,23). The molecule has 0 saturated heterocycles. The van der Waals surface area contributed by atoms with Gasteiger partial charge >= 0.3 is 0 Å².